The van der Waals surface area contributed by atoms with Gasteiger partial charge in [0.25, 0.3) is 0 Å². The number of aldehydes is 1. The minimum atomic E-state index is -0.929. The fraction of sp³-hybridized carbons (Fsp3) is 0.364. The lowest BCUT2D eigenvalue weighted by molar-refractivity contribution is 0.112. The molecule has 0 saturated heterocycles. The summed E-state index contributed by atoms with van der Waals surface area (Å²) < 4.78 is 26.3. The molecule has 0 heterocycles. The van der Waals surface area contributed by atoms with Gasteiger partial charge in [0.15, 0.2) is 11.6 Å². The molecule has 0 saturated carbocycles. The maximum Gasteiger partial charge on any atom is 0.163 e. The molecule has 1 nitrogen and oxygen atoms in total. The van der Waals surface area contributed by atoms with Gasteiger partial charge in [-0.25, -0.2) is 8.78 Å². The van der Waals surface area contributed by atoms with E-state index in [9.17, 15) is 13.6 Å². The number of hydrogen-bond donors (Lipinski definition) is 0. The predicted octanol–water partition coefficient (Wildman–Crippen LogP) is 3.07. The van der Waals surface area contributed by atoms with E-state index in [0.29, 0.717) is 6.29 Å². The van der Waals surface area contributed by atoms with E-state index in [2.05, 4.69) is 0 Å². The van der Waals surface area contributed by atoms with Crippen LogP contribution in [0.15, 0.2) is 12.1 Å². The second-order valence-corrected chi connectivity index (χ2v) is 4.19. The van der Waals surface area contributed by atoms with Crippen LogP contribution in [0, 0.1) is 11.6 Å². The monoisotopic (exact) mass is 198 g/mol. The molecule has 0 aliphatic rings. The third kappa shape index (κ3) is 1.81. The topological polar surface area (TPSA) is 17.1 Å². The Labute approximate surface area is 81.7 Å². The SMILES string of the molecule is CC(C)(C)c1c(C=O)ccc(F)c1F. The highest BCUT2D eigenvalue weighted by Gasteiger charge is 2.24. The van der Waals surface area contributed by atoms with Crippen LogP contribution in [-0.4, -0.2) is 6.29 Å². The van der Waals surface area contributed by atoms with Crippen LogP contribution < -0.4 is 0 Å². The van der Waals surface area contributed by atoms with Gasteiger partial charge in [-0.3, -0.25) is 4.79 Å². The third-order valence-electron chi connectivity index (χ3n) is 2.00. The Morgan fingerprint density at radius 2 is 1.79 bits per heavy atom. The molecule has 0 aliphatic carbocycles. The number of carbonyl (C=O) groups is 1. The van der Waals surface area contributed by atoms with Crippen molar-refractivity contribution in [3.63, 3.8) is 0 Å². The summed E-state index contributed by atoms with van der Waals surface area (Å²) in [7, 11) is 0. The first-order chi connectivity index (χ1) is 6.38. The molecule has 0 spiro atoms. The average Bonchev–Trinajstić information content (AvgIpc) is 2.07. The summed E-state index contributed by atoms with van der Waals surface area (Å²) in [5, 5.41) is 0. The van der Waals surface area contributed by atoms with Crippen molar-refractivity contribution >= 4 is 6.29 Å². The maximum atomic E-state index is 13.4. The van der Waals surface area contributed by atoms with Gasteiger partial charge in [-0.15, -0.1) is 0 Å². The van der Waals surface area contributed by atoms with Crippen LogP contribution in [0.3, 0.4) is 0 Å². The van der Waals surface area contributed by atoms with E-state index >= 15 is 0 Å². The van der Waals surface area contributed by atoms with E-state index in [1.807, 2.05) is 0 Å². The normalized spacial score (nSPS) is 11.5. The Morgan fingerprint density at radius 1 is 1.21 bits per heavy atom. The van der Waals surface area contributed by atoms with Gasteiger partial charge in [0.1, 0.15) is 6.29 Å². The zero-order chi connectivity index (χ0) is 10.9. The number of rotatable bonds is 1. The predicted molar refractivity (Wildman–Crippen MR) is 50.4 cm³/mol. The molecule has 0 bridgehead atoms. The second-order valence-electron chi connectivity index (χ2n) is 4.19. The number of benzene rings is 1. The molecule has 14 heavy (non-hydrogen) atoms. The third-order valence-corrected chi connectivity index (χ3v) is 2.00. The Balaban J connectivity index is 3.51. The van der Waals surface area contributed by atoms with Gasteiger partial charge in [-0.2, -0.15) is 0 Å². The van der Waals surface area contributed by atoms with Crippen LogP contribution in [0.2, 0.25) is 0 Å². The van der Waals surface area contributed by atoms with Gasteiger partial charge >= 0.3 is 0 Å². The van der Waals surface area contributed by atoms with E-state index in [1.165, 1.54) is 6.07 Å². The molecular weight excluding hydrogens is 186 g/mol. The Bertz CT molecular complexity index is 364. The van der Waals surface area contributed by atoms with Crippen molar-refractivity contribution in [1.29, 1.82) is 0 Å². The first-order valence-electron chi connectivity index (χ1n) is 4.31. The van der Waals surface area contributed by atoms with E-state index in [-0.39, 0.29) is 11.1 Å². The first-order valence-corrected chi connectivity index (χ1v) is 4.31. The molecule has 76 valence electrons. The summed E-state index contributed by atoms with van der Waals surface area (Å²) in [6, 6.07) is 2.26. The van der Waals surface area contributed by atoms with E-state index in [0.717, 1.165) is 6.07 Å². The van der Waals surface area contributed by atoms with Crippen LogP contribution in [-0.2, 0) is 5.41 Å². The van der Waals surface area contributed by atoms with Crippen LogP contribution in [0.1, 0.15) is 36.7 Å². The van der Waals surface area contributed by atoms with Gasteiger partial charge in [0, 0.05) is 11.1 Å². The molecule has 1 aromatic carbocycles. The fourth-order valence-corrected chi connectivity index (χ4v) is 1.43. The molecule has 0 aromatic heterocycles. The molecule has 0 amide bonds. The molecule has 0 atom stereocenters. The minimum absolute atomic E-state index is 0.132. The Kier molecular flexibility index (Phi) is 2.69. The lowest BCUT2D eigenvalue weighted by Crippen LogP contribution is -2.17. The summed E-state index contributed by atoms with van der Waals surface area (Å²) in [5.74, 6) is -1.84. The summed E-state index contributed by atoms with van der Waals surface area (Å²) in [5.41, 5.74) is -0.244. The van der Waals surface area contributed by atoms with Crippen molar-refractivity contribution in [1.82, 2.24) is 0 Å². The highest BCUT2D eigenvalue weighted by atomic mass is 19.2. The molecule has 1 aromatic rings. The number of carbonyl (C=O) groups excluding carboxylic acids is 1. The smallest absolute Gasteiger partial charge is 0.163 e. The standard InChI is InChI=1S/C11H12F2O/c1-11(2,3)9-7(6-14)4-5-8(12)10(9)13/h4-6H,1-3H3. The van der Waals surface area contributed by atoms with Gasteiger partial charge in [0.2, 0.25) is 0 Å². The molecule has 0 aliphatic heterocycles. The summed E-state index contributed by atoms with van der Waals surface area (Å²) in [6.07, 6.45) is 0.545. The molecule has 1 rings (SSSR count). The van der Waals surface area contributed by atoms with Crippen molar-refractivity contribution in [2.75, 3.05) is 0 Å². The van der Waals surface area contributed by atoms with Crippen molar-refractivity contribution in [2.24, 2.45) is 0 Å². The van der Waals surface area contributed by atoms with Crippen molar-refractivity contribution < 1.29 is 13.6 Å². The van der Waals surface area contributed by atoms with Crippen LogP contribution in [0.4, 0.5) is 8.78 Å². The van der Waals surface area contributed by atoms with Crippen LogP contribution in [0.5, 0.6) is 0 Å². The Hall–Kier alpha value is -1.25. The Morgan fingerprint density at radius 3 is 2.21 bits per heavy atom. The molecule has 0 unspecified atom stereocenters. The number of halogens is 2. The maximum absolute atomic E-state index is 13.4. The number of hydrogen-bond acceptors (Lipinski definition) is 1. The van der Waals surface area contributed by atoms with Gasteiger partial charge in [0.05, 0.1) is 0 Å². The minimum Gasteiger partial charge on any atom is -0.298 e. The average molecular weight is 198 g/mol. The molecule has 0 N–H and O–H groups in total. The van der Waals surface area contributed by atoms with Crippen molar-refractivity contribution in [3.8, 4) is 0 Å². The quantitative estimate of drug-likeness (QED) is 0.634. The van der Waals surface area contributed by atoms with Crippen LogP contribution >= 0.6 is 0 Å². The van der Waals surface area contributed by atoms with E-state index in [1.54, 1.807) is 20.8 Å². The lowest BCUT2D eigenvalue weighted by Gasteiger charge is -2.21. The first kappa shape index (κ1) is 10.8. The lowest BCUT2D eigenvalue weighted by atomic mass is 9.83. The summed E-state index contributed by atoms with van der Waals surface area (Å²) >= 11 is 0. The zero-order valence-corrected chi connectivity index (χ0v) is 8.40. The van der Waals surface area contributed by atoms with E-state index in [4.69, 9.17) is 0 Å². The fourth-order valence-electron chi connectivity index (χ4n) is 1.43. The highest BCUT2D eigenvalue weighted by molar-refractivity contribution is 5.78. The van der Waals surface area contributed by atoms with Crippen molar-refractivity contribution in [2.45, 2.75) is 26.2 Å². The summed E-state index contributed by atoms with van der Waals surface area (Å²) in [4.78, 5) is 10.6. The van der Waals surface area contributed by atoms with Crippen LogP contribution in [0.25, 0.3) is 0 Å². The van der Waals surface area contributed by atoms with Gasteiger partial charge in [-0.1, -0.05) is 20.8 Å². The summed E-state index contributed by atoms with van der Waals surface area (Å²) in [6.45, 7) is 5.20. The molecule has 0 fully saturated rings. The molecule has 0 radical (unpaired) electrons. The van der Waals surface area contributed by atoms with Crippen molar-refractivity contribution in [3.05, 3.63) is 34.9 Å². The largest absolute Gasteiger partial charge is 0.298 e. The van der Waals surface area contributed by atoms with Gasteiger partial charge in [-0.05, 0) is 17.5 Å². The molecule has 3 heteroatoms. The second kappa shape index (κ2) is 3.48. The van der Waals surface area contributed by atoms with Gasteiger partial charge < -0.3 is 0 Å². The molecular formula is C11H12F2O. The van der Waals surface area contributed by atoms with E-state index < -0.39 is 17.0 Å². The highest BCUT2D eigenvalue weighted by Crippen LogP contribution is 2.29. The zero-order valence-electron chi connectivity index (χ0n) is 8.40.